The molecular formula is C19H10Cl3NO2. The standard InChI is InChI=1S/C19H10Cl3NO2/c20-10-4-6-12-14(19(24)23-16(12)8-10)9-11-5-7-17(25-11)13-2-1-3-15(21)18(13)22/h1-9H,(H,23,24)/b14-9+. The van der Waals surface area contributed by atoms with Crippen molar-refractivity contribution < 1.29 is 9.21 Å². The highest BCUT2D eigenvalue weighted by atomic mass is 35.5. The predicted molar refractivity (Wildman–Crippen MR) is 102 cm³/mol. The van der Waals surface area contributed by atoms with Gasteiger partial charge in [0.1, 0.15) is 11.5 Å². The van der Waals surface area contributed by atoms with Crippen molar-refractivity contribution in [1.29, 1.82) is 0 Å². The molecule has 1 amide bonds. The van der Waals surface area contributed by atoms with Gasteiger partial charge in [-0.2, -0.15) is 0 Å². The number of furan rings is 1. The van der Waals surface area contributed by atoms with Crippen LogP contribution in [0.3, 0.4) is 0 Å². The molecule has 0 atom stereocenters. The van der Waals surface area contributed by atoms with Gasteiger partial charge in [-0.25, -0.2) is 0 Å². The lowest BCUT2D eigenvalue weighted by Crippen LogP contribution is -2.03. The summed E-state index contributed by atoms with van der Waals surface area (Å²) in [6.07, 6.45) is 1.69. The molecule has 0 radical (unpaired) electrons. The number of amides is 1. The molecule has 25 heavy (non-hydrogen) atoms. The quantitative estimate of drug-likeness (QED) is 0.514. The van der Waals surface area contributed by atoms with Crippen molar-refractivity contribution in [1.82, 2.24) is 0 Å². The number of benzene rings is 2. The number of carbonyl (C=O) groups is 1. The normalized spacial score (nSPS) is 14.7. The number of rotatable bonds is 2. The molecule has 4 rings (SSSR count). The van der Waals surface area contributed by atoms with E-state index in [0.717, 1.165) is 5.56 Å². The third-order valence-corrected chi connectivity index (χ3v) is 4.95. The highest BCUT2D eigenvalue weighted by Crippen LogP contribution is 2.37. The molecule has 1 N–H and O–H groups in total. The van der Waals surface area contributed by atoms with E-state index in [4.69, 9.17) is 39.2 Å². The molecule has 0 unspecified atom stereocenters. The van der Waals surface area contributed by atoms with Crippen LogP contribution >= 0.6 is 34.8 Å². The maximum Gasteiger partial charge on any atom is 0.256 e. The Morgan fingerprint density at radius 3 is 2.64 bits per heavy atom. The van der Waals surface area contributed by atoms with Crippen LogP contribution in [0.15, 0.2) is 52.9 Å². The molecule has 0 saturated heterocycles. The predicted octanol–water partition coefficient (Wildman–Crippen LogP) is 6.40. The highest BCUT2D eigenvalue weighted by Gasteiger charge is 2.24. The third-order valence-electron chi connectivity index (χ3n) is 3.90. The van der Waals surface area contributed by atoms with E-state index in [1.165, 1.54) is 0 Å². The lowest BCUT2D eigenvalue weighted by Gasteiger charge is -2.02. The van der Waals surface area contributed by atoms with Gasteiger partial charge in [-0.05, 0) is 42.5 Å². The number of fused-ring (bicyclic) bond motifs is 1. The molecule has 1 aromatic heterocycles. The topological polar surface area (TPSA) is 42.2 Å². The van der Waals surface area contributed by atoms with Crippen molar-refractivity contribution >= 4 is 58.0 Å². The van der Waals surface area contributed by atoms with Crippen LogP contribution in [-0.4, -0.2) is 5.91 Å². The van der Waals surface area contributed by atoms with Crippen molar-refractivity contribution in [3.8, 4) is 11.3 Å². The second kappa shape index (κ2) is 6.26. The average molecular weight is 391 g/mol. The molecule has 1 aliphatic heterocycles. The molecule has 1 aliphatic rings. The Morgan fingerprint density at radius 1 is 0.960 bits per heavy atom. The highest BCUT2D eigenvalue weighted by molar-refractivity contribution is 6.43. The maximum atomic E-state index is 12.2. The van der Waals surface area contributed by atoms with Crippen LogP contribution in [0.1, 0.15) is 11.3 Å². The summed E-state index contributed by atoms with van der Waals surface area (Å²) < 4.78 is 5.83. The van der Waals surface area contributed by atoms with Gasteiger partial charge in [0.15, 0.2) is 0 Å². The monoisotopic (exact) mass is 389 g/mol. The van der Waals surface area contributed by atoms with Crippen molar-refractivity contribution in [3.63, 3.8) is 0 Å². The summed E-state index contributed by atoms with van der Waals surface area (Å²) in [7, 11) is 0. The summed E-state index contributed by atoms with van der Waals surface area (Å²) in [5.74, 6) is 0.920. The van der Waals surface area contributed by atoms with Gasteiger partial charge in [-0.3, -0.25) is 4.79 Å². The first-order valence-electron chi connectivity index (χ1n) is 7.40. The van der Waals surface area contributed by atoms with Gasteiger partial charge in [0.25, 0.3) is 5.91 Å². The summed E-state index contributed by atoms with van der Waals surface area (Å²) >= 11 is 18.2. The molecule has 6 heteroatoms. The first-order chi connectivity index (χ1) is 12.0. The number of hydrogen-bond acceptors (Lipinski definition) is 2. The number of anilines is 1. The van der Waals surface area contributed by atoms with Gasteiger partial charge in [-0.15, -0.1) is 0 Å². The first kappa shape index (κ1) is 16.3. The van der Waals surface area contributed by atoms with E-state index in [9.17, 15) is 4.79 Å². The molecule has 2 aromatic carbocycles. The summed E-state index contributed by atoms with van der Waals surface area (Å²) in [5, 5.41) is 4.24. The lowest BCUT2D eigenvalue weighted by molar-refractivity contribution is -0.110. The van der Waals surface area contributed by atoms with Gasteiger partial charge in [-0.1, -0.05) is 46.9 Å². The Bertz CT molecular complexity index is 1040. The van der Waals surface area contributed by atoms with Gasteiger partial charge in [0.05, 0.1) is 21.3 Å². The molecule has 0 saturated carbocycles. The second-order valence-electron chi connectivity index (χ2n) is 5.51. The van der Waals surface area contributed by atoms with Crippen molar-refractivity contribution in [2.75, 3.05) is 5.32 Å². The van der Waals surface area contributed by atoms with Crippen LogP contribution in [0.2, 0.25) is 15.1 Å². The number of carbonyl (C=O) groups excluding carboxylic acids is 1. The SMILES string of the molecule is O=C1Nc2cc(Cl)ccc2/C1=C\c1ccc(-c2cccc(Cl)c2Cl)o1. The minimum Gasteiger partial charge on any atom is -0.457 e. The third kappa shape index (κ3) is 2.95. The van der Waals surface area contributed by atoms with E-state index in [-0.39, 0.29) is 5.91 Å². The molecule has 0 bridgehead atoms. The fourth-order valence-electron chi connectivity index (χ4n) is 2.72. The Balaban J connectivity index is 1.73. The van der Waals surface area contributed by atoms with Gasteiger partial charge in [0.2, 0.25) is 0 Å². The first-order valence-corrected chi connectivity index (χ1v) is 8.53. The van der Waals surface area contributed by atoms with E-state index in [0.29, 0.717) is 43.4 Å². The zero-order valence-corrected chi connectivity index (χ0v) is 14.9. The van der Waals surface area contributed by atoms with Gasteiger partial charge in [0, 0.05) is 16.1 Å². The van der Waals surface area contributed by atoms with Crippen LogP contribution in [0.5, 0.6) is 0 Å². The molecule has 3 aromatic rings. The summed E-state index contributed by atoms with van der Waals surface area (Å²) in [6.45, 7) is 0. The largest absolute Gasteiger partial charge is 0.457 e. The van der Waals surface area contributed by atoms with Crippen molar-refractivity contribution in [3.05, 3.63) is 74.9 Å². The van der Waals surface area contributed by atoms with E-state index < -0.39 is 0 Å². The van der Waals surface area contributed by atoms with Crippen LogP contribution < -0.4 is 5.32 Å². The second-order valence-corrected chi connectivity index (χ2v) is 6.73. The van der Waals surface area contributed by atoms with Crippen molar-refractivity contribution in [2.45, 2.75) is 0 Å². The van der Waals surface area contributed by atoms with Gasteiger partial charge >= 0.3 is 0 Å². The fourth-order valence-corrected chi connectivity index (χ4v) is 3.29. The molecule has 3 nitrogen and oxygen atoms in total. The van der Waals surface area contributed by atoms with Crippen LogP contribution in [0, 0.1) is 0 Å². The fraction of sp³-hybridized carbons (Fsp3) is 0. The van der Waals surface area contributed by atoms with E-state index in [1.807, 2.05) is 6.07 Å². The number of halogens is 3. The Morgan fingerprint density at radius 2 is 1.80 bits per heavy atom. The smallest absolute Gasteiger partial charge is 0.256 e. The lowest BCUT2D eigenvalue weighted by atomic mass is 10.1. The number of nitrogens with one attached hydrogen (secondary N) is 1. The van der Waals surface area contributed by atoms with E-state index in [1.54, 1.807) is 48.5 Å². The molecule has 2 heterocycles. The van der Waals surface area contributed by atoms with E-state index in [2.05, 4.69) is 5.32 Å². The minimum atomic E-state index is -0.198. The maximum absolute atomic E-state index is 12.2. The zero-order chi connectivity index (χ0) is 17.6. The average Bonchev–Trinajstić information content (AvgIpc) is 3.15. The van der Waals surface area contributed by atoms with Gasteiger partial charge < -0.3 is 9.73 Å². The summed E-state index contributed by atoms with van der Waals surface area (Å²) in [4.78, 5) is 12.2. The molecule has 0 fully saturated rings. The van der Waals surface area contributed by atoms with Crippen LogP contribution in [0.4, 0.5) is 5.69 Å². The zero-order valence-electron chi connectivity index (χ0n) is 12.6. The van der Waals surface area contributed by atoms with Crippen LogP contribution in [-0.2, 0) is 4.79 Å². The molecular weight excluding hydrogens is 381 g/mol. The molecule has 0 spiro atoms. The minimum absolute atomic E-state index is 0.198. The Hall–Kier alpha value is -2.20. The summed E-state index contributed by atoms with van der Waals surface area (Å²) in [5.41, 5.74) is 2.69. The Labute approximate surface area is 158 Å². The van der Waals surface area contributed by atoms with Crippen LogP contribution in [0.25, 0.3) is 23.0 Å². The molecule has 0 aliphatic carbocycles. The van der Waals surface area contributed by atoms with Crippen molar-refractivity contribution in [2.24, 2.45) is 0 Å². The van der Waals surface area contributed by atoms with E-state index >= 15 is 0 Å². The summed E-state index contributed by atoms with van der Waals surface area (Å²) in [6, 6.07) is 14.2. The Kier molecular flexibility index (Phi) is 4.08. The number of hydrogen-bond donors (Lipinski definition) is 1. The molecule has 124 valence electrons.